The van der Waals surface area contributed by atoms with Gasteiger partial charge < -0.3 is 10.6 Å². The molecule has 34 heavy (non-hydrogen) atoms. The first kappa shape index (κ1) is 21.6. The summed E-state index contributed by atoms with van der Waals surface area (Å²) in [5.74, 6) is 6.66. The van der Waals surface area contributed by atoms with Crippen LogP contribution < -0.4 is 10.6 Å². The Morgan fingerprint density at radius 2 is 1.82 bits per heavy atom. The van der Waals surface area contributed by atoms with Gasteiger partial charge in [0.25, 0.3) is 0 Å². The number of hydrogen-bond donors (Lipinski definition) is 2. The molecule has 1 fully saturated rings. The van der Waals surface area contributed by atoms with Crippen LogP contribution >= 0.6 is 0 Å². The Balaban J connectivity index is 1.37. The lowest BCUT2D eigenvalue weighted by molar-refractivity contribution is -0.115. The molecule has 0 saturated heterocycles. The molecule has 1 aromatic carbocycles. The molecule has 3 aromatic heterocycles. The molecule has 0 aliphatic heterocycles. The van der Waals surface area contributed by atoms with E-state index in [1.54, 1.807) is 23.1 Å². The van der Waals surface area contributed by atoms with Gasteiger partial charge in [-0.1, -0.05) is 18.1 Å². The Bertz CT molecular complexity index is 1350. The fourth-order valence-corrected chi connectivity index (χ4v) is 3.16. The molecule has 172 valence electrons. The van der Waals surface area contributed by atoms with Gasteiger partial charge in [0.1, 0.15) is 30.4 Å². The Kier molecular flexibility index (Phi) is 5.71. The Morgan fingerprint density at radius 3 is 2.53 bits per heavy atom. The zero-order chi connectivity index (χ0) is 23.5. The topological polar surface area (TPSA) is 93.4 Å². The summed E-state index contributed by atoms with van der Waals surface area (Å²) in [7, 11) is 0. The summed E-state index contributed by atoms with van der Waals surface area (Å²) in [6, 6.07) is 11.0. The molecule has 1 aliphatic carbocycles. The lowest BCUT2D eigenvalue weighted by atomic mass is 10.2. The maximum absolute atomic E-state index is 12.9. The first-order valence-electron chi connectivity index (χ1n) is 10.6. The highest BCUT2D eigenvalue weighted by Crippen LogP contribution is 2.28. The number of aromatic nitrogens is 6. The van der Waals surface area contributed by atoms with Crippen molar-refractivity contribution >= 4 is 22.8 Å². The van der Waals surface area contributed by atoms with Gasteiger partial charge in [-0.2, -0.15) is 23.3 Å². The van der Waals surface area contributed by atoms with Crippen LogP contribution in [0.25, 0.3) is 16.7 Å². The zero-order valence-electron chi connectivity index (χ0n) is 17.8. The Morgan fingerprint density at radius 1 is 1.00 bits per heavy atom. The van der Waals surface area contributed by atoms with E-state index in [0.717, 1.165) is 24.1 Å². The summed E-state index contributed by atoms with van der Waals surface area (Å²) >= 11 is 0. The number of halogens is 3. The molecule has 0 unspecified atom stereocenters. The second-order valence-corrected chi connectivity index (χ2v) is 7.83. The van der Waals surface area contributed by atoms with Crippen LogP contribution in [0.1, 0.15) is 24.1 Å². The van der Waals surface area contributed by atoms with Crippen molar-refractivity contribution in [1.29, 1.82) is 0 Å². The van der Waals surface area contributed by atoms with E-state index in [2.05, 4.69) is 47.5 Å². The van der Waals surface area contributed by atoms with E-state index in [-0.39, 0.29) is 17.3 Å². The van der Waals surface area contributed by atoms with Crippen molar-refractivity contribution < 1.29 is 13.2 Å². The number of anilines is 2. The number of pyridine rings is 1. The van der Waals surface area contributed by atoms with Crippen molar-refractivity contribution in [2.24, 2.45) is 5.92 Å². The molecule has 4 aromatic rings. The van der Waals surface area contributed by atoms with Gasteiger partial charge in [0.05, 0.1) is 11.2 Å². The third-order valence-electron chi connectivity index (χ3n) is 5.05. The number of hydrogen-bond acceptors (Lipinski definition) is 7. The molecule has 8 nitrogen and oxygen atoms in total. The van der Waals surface area contributed by atoms with E-state index in [9.17, 15) is 13.2 Å². The quantitative estimate of drug-likeness (QED) is 0.417. The normalized spacial score (nSPS) is 13.4. The second-order valence-electron chi connectivity index (χ2n) is 7.83. The van der Waals surface area contributed by atoms with E-state index in [0.29, 0.717) is 23.7 Å². The molecule has 1 aliphatic rings. The molecular weight excluding hydrogens is 445 g/mol. The van der Waals surface area contributed by atoms with Crippen molar-refractivity contribution in [3.05, 3.63) is 60.3 Å². The summed E-state index contributed by atoms with van der Waals surface area (Å²) in [6.45, 7) is -0.859. The van der Waals surface area contributed by atoms with Gasteiger partial charge in [0.15, 0.2) is 5.82 Å². The van der Waals surface area contributed by atoms with Crippen LogP contribution in [0.4, 0.5) is 24.9 Å². The van der Waals surface area contributed by atoms with Crippen molar-refractivity contribution in [2.75, 3.05) is 17.2 Å². The predicted octanol–water partition coefficient (Wildman–Crippen LogP) is 3.95. The minimum absolute atomic E-state index is 0.00132. The van der Waals surface area contributed by atoms with E-state index in [1.807, 2.05) is 24.3 Å². The molecule has 0 amide bonds. The van der Waals surface area contributed by atoms with Crippen molar-refractivity contribution in [3.8, 4) is 17.5 Å². The van der Waals surface area contributed by atoms with Gasteiger partial charge in [0, 0.05) is 12.5 Å². The first-order valence-corrected chi connectivity index (χ1v) is 10.6. The largest absolute Gasteiger partial charge is 0.405 e. The number of rotatable bonds is 6. The van der Waals surface area contributed by atoms with Crippen molar-refractivity contribution in [3.63, 3.8) is 0 Å². The van der Waals surface area contributed by atoms with Crippen molar-refractivity contribution in [2.45, 2.75) is 25.6 Å². The fourth-order valence-electron chi connectivity index (χ4n) is 3.16. The van der Waals surface area contributed by atoms with Gasteiger partial charge in [-0.05, 0) is 48.6 Å². The standard InChI is InChI=1S/C23H19F3N8/c24-23(25,26)12-29-21-20-19(10-7-17(31-20)6-3-15-1-2-15)32-22(33-21)28-11-16-4-8-18(9-5-16)34-14-27-13-30-34/h4-5,7-10,13-15H,1-2,11-12H2,(H2,28,29,32,33). The summed E-state index contributed by atoms with van der Waals surface area (Å²) in [6.07, 6.45) is 0.789. The minimum Gasteiger partial charge on any atom is -0.359 e. The second kappa shape index (κ2) is 8.97. The molecule has 0 bridgehead atoms. The summed E-state index contributed by atoms with van der Waals surface area (Å²) in [4.78, 5) is 17.0. The predicted molar refractivity (Wildman–Crippen MR) is 120 cm³/mol. The number of nitrogens with zero attached hydrogens (tertiary/aromatic N) is 6. The summed E-state index contributed by atoms with van der Waals surface area (Å²) in [5.41, 5.74) is 2.93. The average Bonchev–Trinajstić information content (AvgIpc) is 3.50. The van der Waals surface area contributed by atoms with Gasteiger partial charge >= 0.3 is 6.18 Å². The molecule has 1 saturated carbocycles. The van der Waals surface area contributed by atoms with E-state index in [1.165, 1.54) is 6.33 Å². The molecule has 11 heteroatoms. The Labute approximate surface area is 192 Å². The van der Waals surface area contributed by atoms with E-state index >= 15 is 0 Å². The van der Waals surface area contributed by atoms with Gasteiger partial charge in [-0.25, -0.2) is 19.6 Å². The molecule has 3 heterocycles. The average molecular weight is 464 g/mol. The number of benzene rings is 1. The SMILES string of the molecule is FC(F)(F)CNc1nc(NCc2ccc(-n3cncn3)cc2)nc2ccc(C#CC3CC3)nc12. The molecule has 0 radical (unpaired) electrons. The smallest absolute Gasteiger partial charge is 0.359 e. The van der Waals surface area contributed by atoms with Crippen LogP contribution in [-0.2, 0) is 6.54 Å². The van der Waals surface area contributed by atoms with Gasteiger partial charge in [-0.3, -0.25) is 0 Å². The van der Waals surface area contributed by atoms with Crippen LogP contribution in [0.2, 0.25) is 0 Å². The Hall–Kier alpha value is -4.20. The molecule has 2 N–H and O–H groups in total. The fraction of sp³-hybridized carbons (Fsp3) is 0.261. The number of alkyl halides is 3. The lowest BCUT2D eigenvalue weighted by Gasteiger charge is -2.13. The third-order valence-corrected chi connectivity index (χ3v) is 5.05. The van der Waals surface area contributed by atoms with Crippen LogP contribution in [-0.4, -0.2) is 42.4 Å². The van der Waals surface area contributed by atoms with Crippen LogP contribution in [0.5, 0.6) is 0 Å². The first-order chi connectivity index (χ1) is 16.4. The highest BCUT2D eigenvalue weighted by molar-refractivity contribution is 5.86. The lowest BCUT2D eigenvalue weighted by Crippen LogP contribution is -2.22. The highest BCUT2D eigenvalue weighted by Gasteiger charge is 2.27. The molecule has 5 rings (SSSR count). The van der Waals surface area contributed by atoms with Gasteiger partial charge in [-0.15, -0.1) is 0 Å². The van der Waals surface area contributed by atoms with E-state index < -0.39 is 12.7 Å². The van der Waals surface area contributed by atoms with Crippen LogP contribution in [0.3, 0.4) is 0 Å². The van der Waals surface area contributed by atoms with Crippen LogP contribution in [0.15, 0.2) is 49.1 Å². The monoisotopic (exact) mass is 464 g/mol. The maximum Gasteiger partial charge on any atom is 0.405 e. The maximum atomic E-state index is 12.9. The van der Waals surface area contributed by atoms with Crippen molar-refractivity contribution in [1.82, 2.24) is 29.7 Å². The number of nitrogens with one attached hydrogen (secondary N) is 2. The molecular formula is C23H19F3N8. The minimum atomic E-state index is -4.40. The van der Waals surface area contributed by atoms with Crippen LogP contribution in [0, 0.1) is 17.8 Å². The highest BCUT2D eigenvalue weighted by atomic mass is 19.4. The number of fused-ring (bicyclic) bond motifs is 1. The summed E-state index contributed by atoms with van der Waals surface area (Å²) < 4.78 is 40.2. The molecule has 0 spiro atoms. The molecule has 0 atom stereocenters. The zero-order valence-corrected chi connectivity index (χ0v) is 17.8. The van der Waals surface area contributed by atoms with E-state index in [4.69, 9.17) is 0 Å². The summed E-state index contributed by atoms with van der Waals surface area (Å²) in [5, 5.41) is 9.51. The van der Waals surface area contributed by atoms with Gasteiger partial charge in [0.2, 0.25) is 5.95 Å². The third kappa shape index (κ3) is 5.40.